The van der Waals surface area contributed by atoms with E-state index in [0.29, 0.717) is 0 Å². The summed E-state index contributed by atoms with van der Waals surface area (Å²) in [6, 6.07) is 6.37. The zero-order valence-electron chi connectivity index (χ0n) is 9.66. The maximum absolute atomic E-state index is 5.79. The number of benzene rings is 1. The molecule has 0 bridgehead atoms. The molecule has 0 saturated carbocycles. The van der Waals surface area contributed by atoms with Crippen LogP contribution in [0.2, 0.25) is 0 Å². The Morgan fingerprint density at radius 2 is 2.13 bits per heavy atom. The van der Waals surface area contributed by atoms with Crippen LogP contribution in [-0.4, -0.2) is 25.5 Å². The normalized spacial score (nSPS) is 20.3. The fourth-order valence-electron chi connectivity index (χ4n) is 2.52. The summed E-state index contributed by atoms with van der Waals surface area (Å²) in [7, 11) is 4.30. The van der Waals surface area contributed by atoms with Crippen molar-refractivity contribution in [3.63, 3.8) is 0 Å². The third-order valence-electron chi connectivity index (χ3n) is 3.18. The Hall–Kier alpha value is -1.02. The van der Waals surface area contributed by atoms with Gasteiger partial charge in [0.2, 0.25) is 0 Å². The number of fused-ring (bicyclic) bond motifs is 1. The van der Waals surface area contributed by atoms with Crippen LogP contribution < -0.4 is 5.73 Å². The molecule has 0 fully saturated rings. The molecule has 0 aromatic heterocycles. The largest absolute Gasteiger partial charge is 0.399 e. The molecule has 0 heterocycles. The van der Waals surface area contributed by atoms with E-state index in [-0.39, 0.29) is 0 Å². The lowest BCUT2D eigenvalue weighted by Gasteiger charge is -2.27. The number of aryl methyl sites for hydroxylation is 1. The second kappa shape index (κ2) is 4.23. The maximum atomic E-state index is 5.79. The molecule has 2 N–H and O–H groups in total. The van der Waals surface area contributed by atoms with Crippen molar-refractivity contribution in [3.8, 4) is 0 Å². The predicted molar refractivity (Wildman–Crippen MR) is 64.9 cm³/mol. The SMILES string of the molecule is CN(C)CC1CCc2cc(N)ccc2C1. The number of nitrogens with two attached hydrogens (primary N) is 1. The predicted octanol–water partition coefficient (Wildman–Crippen LogP) is 1.94. The van der Waals surface area contributed by atoms with Crippen molar-refractivity contribution in [2.75, 3.05) is 26.4 Å². The minimum Gasteiger partial charge on any atom is -0.399 e. The Kier molecular flexibility index (Phi) is 2.96. The molecule has 1 unspecified atom stereocenters. The van der Waals surface area contributed by atoms with E-state index in [1.807, 2.05) is 6.07 Å². The van der Waals surface area contributed by atoms with Crippen molar-refractivity contribution in [3.05, 3.63) is 29.3 Å². The topological polar surface area (TPSA) is 29.3 Å². The monoisotopic (exact) mass is 204 g/mol. The average molecular weight is 204 g/mol. The van der Waals surface area contributed by atoms with E-state index in [1.165, 1.54) is 36.9 Å². The first kappa shape index (κ1) is 10.5. The van der Waals surface area contributed by atoms with Gasteiger partial charge in [-0.2, -0.15) is 0 Å². The summed E-state index contributed by atoms with van der Waals surface area (Å²) in [6.07, 6.45) is 3.71. The summed E-state index contributed by atoms with van der Waals surface area (Å²) in [5, 5.41) is 0. The molecule has 0 amide bonds. The van der Waals surface area contributed by atoms with Gasteiger partial charge in [0, 0.05) is 12.2 Å². The highest BCUT2D eigenvalue weighted by atomic mass is 15.1. The van der Waals surface area contributed by atoms with Gasteiger partial charge >= 0.3 is 0 Å². The van der Waals surface area contributed by atoms with E-state index in [2.05, 4.69) is 31.1 Å². The summed E-state index contributed by atoms with van der Waals surface area (Å²) in [6.45, 7) is 1.20. The third-order valence-corrected chi connectivity index (χ3v) is 3.18. The molecular formula is C13H20N2. The van der Waals surface area contributed by atoms with E-state index in [0.717, 1.165) is 11.6 Å². The highest BCUT2D eigenvalue weighted by Gasteiger charge is 2.18. The zero-order valence-corrected chi connectivity index (χ0v) is 9.66. The lowest BCUT2D eigenvalue weighted by molar-refractivity contribution is 0.303. The van der Waals surface area contributed by atoms with E-state index in [9.17, 15) is 0 Å². The second-order valence-corrected chi connectivity index (χ2v) is 4.90. The Labute approximate surface area is 92.1 Å². The third kappa shape index (κ3) is 2.51. The minimum absolute atomic E-state index is 0.816. The molecular weight excluding hydrogens is 184 g/mol. The number of hydrogen-bond acceptors (Lipinski definition) is 2. The van der Waals surface area contributed by atoms with Gasteiger partial charge in [0.1, 0.15) is 0 Å². The summed E-state index contributed by atoms with van der Waals surface area (Å²) < 4.78 is 0. The van der Waals surface area contributed by atoms with Crippen LogP contribution in [0.15, 0.2) is 18.2 Å². The van der Waals surface area contributed by atoms with Gasteiger partial charge in [-0.15, -0.1) is 0 Å². The van der Waals surface area contributed by atoms with Gasteiger partial charge in [-0.1, -0.05) is 6.07 Å². The van der Waals surface area contributed by atoms with Crippen LogP contribution in [0.4, 0.5) is 5.69 Å². The van der Waals surface area contributed by atoms with Gasteiger partial charge in [0.25, 0.3) is 0 Å². The van der Waals surface area contributed by atoms with Gasteiger partial charge in [0.15, 0.2) is 0 Å². The molecule has 1 atom stereocenters. The Balaban J connectivity index is 2.10. The molecule has 1 aliphatic rings. The fourth-order valence-corrected chi connectivity index (χ4v) is 2.52. The number of anilines is 1. The lowest BCUT2D eigenvalue weighted by Crippen LogP contribution is -2.26. The maximum Gasteiger partial charge on any atom is 0.0316 e. The molecule has 0 radical (unpaired) electrons. The lowest BCUT2D eigenvalue weighted by atomic mass is 9.83. The van der Waals surface area contributed by atoms with Gasteiger partial charge in [0.05, 0.1) is 0 Å². The van der Waals surface area contributed by atoms with Gasteiger partial charge in [-0.05, 0) is 62.5 Å². The summed E-state index contributed by atoms with van der Waals surface area (Å²) in [5.41, 5.74) is 9.66. The molecule has 2 rings (SSSR count). The molecule has 2 nitrogen and oxygen atoms in total. The Morgan fingerprint density at radius 1 is 1.33 bits per heavy atom. The Bertz CT molecular complexity index is 344. The first-order valence-electron chi connectivity index (χ1n) is 5.67. The van der Waals surface area contributed by atoms with Crippen LogP contribution in [-0.2, 0) is 12.8 Å². The molecule has 1 aliphatic carbocycles. The van der Waals surface area contributed by atoms with Crippen molar-refractivity contribution in [2.24, 2.45) is 5.92 Å². The van der Waals surface area contributed by atoms with E-state index in [1.54, 1.807) is 0 Å². The molecule has 0 spiro atoms. The van der Waals surface area contributed by atoms with Gasteiger partial charge < -0.3 is 10.6 Å². The average Bonchev–Trinajstić information content (AvgIpc) is 2.17. The quantitative estimate of drug-likeness (QED) is 0.746. The highest BCUT2D eigenvalue weighted by molar-refractivity contribution is 5.45. The number of nitrogen functional groups attached to an aromatic ring is 1. The second-order valence-electron chi connectivity index (χ2n) is 4.90. The molecule has 0 aliphatic heterocycles. The Morgan fingerprint density at radius 3 is 2.87 bits per heavy atom. The summed E-state index contributed by atoms with van der Waals surface area (Å²) in [4.78, 5) is 2.28. The van der Waals surface area contributed by atoms with Gasteiger partial charge in [-0.3, -0.25) is 0 Å². The molecule has 1 aromatic carbocycles. The smallest absolute Gasteiger partial charge is 0.0316 e. The number of nitrogens with zero attached hydrogens (tertiary/aromatic N) is 1. The molecule has 15 heavy (non-hydrogen) atoms. The minimum atomic E-state index is 0.816. The molecule has 1 aromatic rings. The first-order valence-corrected chi connectivity index (χ1v) is 5.67. The van der Waals surface area contributed by atoms with Crippen LogP contribution in [0.3, 0.4) is 0 Å². The van der Waals surface area contributed by atoms with Crippen LogP contribution in [0.25, 0.3) is 0 Å². The molecule has 82 valence electrons. The first-order chi connectivity index (χ1) is 7.15. The zero-order chi connectivity index (χ0) is 10.8. The van der Waals surface area contributed by atoms with Crippen molar-refractivity contribution in [1.82, 2.24) is 4.90 Å². The number of hydrogen-bond donors (Lipinski definition) is 1. The summed E-state index contributed by atoms with van der Waals surface area (Å²) >= 11 is 0. The highest BCUT2D eigenvalue weighted by Crippen LogP contribution is 2.27. The van der Waals surface area contributed by atoms with E-state index < -0.39 is 0 Å². The number of rotatable bonds is 2. The standard InChI is InChI=1S/C13H20N2/c1-15(2)9-10-3-4-12-8-13(14)6-5-11(12)7-10/h5-6,8,10H,3-4,7,9,14H2,1-2H3. The molecule has 2 heteroatoms. The van der Waals surface area contributed by atoms with Crippen LogP contribution in [0.5, 0.6) is 0 Å². The van der Waals surface area contributed by atoms with Gasteiger partial charge in [-0.25, -0.2) is 0 Å². The van der Waals surface area contributed by atoms with Crippen molar-refractivity contribution in [2.45, 2.75) is 19.3 Å². The van der Waals surface area contributed by atoms with Crippen molar-refractivity contribution in [1.29, 1.82) is 0 Å². The molecule has 0 saturated heterocycles. The van der Waals surface area contributed by atoms with Crippen molar-refractivity contribution >= 4 is 5.69 Å². The van der Waals surface area contributed by atoms with Crippen LogP contribution in [0, 0.1) is 5.92 Å². The van der Waals surface area contributed by atoms with Crippen LogP contribution in [0.1, 0.15) is 17.5 Å². The summed E-state index contributed by atoms with van der Waals surface area (Å²) in [5.74, 6) is 0.816. The van der Waals surface area contributed by atoms with Crippen LogP contribution >= 0.6 is 0 Å². The van der Waals surface area contributed by atoms with Crippen molar-refractivity contribution < 1.29 is 0 Å². The van der Waals surface area contributed by atoms with E-state index in [4.69, 9.17) is 5.73 Å². The fraction of sp³-hybridized carbons (Fsp3) is 0.538. The van der Waals surface area contributed by atoms with E-state index >= 15 is 0 Å².